The maximum Gasteiger partial charge on any atom is -0.0000928 e. The zero-order valence-corrected chi connectivity index (χ0v) is 39.7. The molecule has 0 heterocycles. The van der Waals surface area contributed by atoms with Crippen LogP contribution in [0.3, 0.4) is 0 Å². The lowest BCUT2D eigenvalue weighted by molar-refractivity contribution is 0.495. The summed E-state index contributed by atoms with van der Waals surface area (Å²) < 4.78 is 0. The summed E-state index contributed by atoms with van der Waals surface area (Å²) in [5.74, 6) is 0. The first-order valence-corrected chi connectivity index (χ1v) is 24.6. The van der Waals surface area contributed by atoms with Gasteiger partial charge in [-0.1, -0.05) is 235 Å². The minimum atomic E-state index is 0.0837. The fourth-order valence-corrected chi connectivity index (χ4v) is 12.8. The molecule has 324 valence electrons. The van der Waals surface area contributed by atoms with E-state index in [0.29, 0.717) is 0 Å². The van der Waals surface area contributed by atoms with E-state index in [1.807, 2.05) is 0 Å². The molecule has 12 aromatic rings. The van der Waals surface area contributed by atoms with Crippen LogP contribution in [-0.4, -0.2) is 0 Å². The van der Waals surface area contributed by atoms with Crippen LogP contribution in [-0.2, 0) is 12.8 Å². The summed E-state index contributed by atoms with van der Waals surface area (Å²) >= 11 is 0. The summed E-state index contributed by atoms with van der Waals surface area (Å²) in [5.41, 5.74) is 18.9. The third-order valence-corrected chi connectivity index (χ3v) is 16.0. The highest BCUT2D eigenvalue weighted by atomic mass is 14.4. The minimum absolute atomic E-state index is 0.0837. The lowest BCUT2D eigenvalue weighted by atomic mass is 9.77. The van der Waals surface area contributed by atoms with Crippen LogP contribution in [0, 0.1) is 10.8 Å². The predicted molar refractivity (Wildman–Crippen MR) is 295 cm³/mol. The van der Waals surface area contributed by atoms with Gasteiger partial charge in [0.05, 0.1) is 0 Å². The van der Waals surface area contributed by atoms with Gasteiger partial charge in [0.2, 0.25) is 0 Å². The third-order valence-electron chi connectivity index (χ3n) is 16.0. The van der Waals surface area contributed by atoms with Crippen LogP contribution >= 0.6 is 0 Å². The molecule has 0 N–H and O–H groups in total. The molecule has 12 aromatic carbocycles. The summed E-state index contributed by atoms with van der Waals surface area (Å²) in [6, 6.07) is 65.2. The van der Waals surface area contributed by atoms with Crippen LogP contribution in [0.25, 0.3) is 132 Å². The Hall–Kier alpha value is -7.54. The number of allylic oxidation sites excluding steroid dienone is 2. The van der Waals surface area contributed by atoms with Gasteiger partial charge in [0.15, 0.2) is 0 Å². The topological polar surface area (TPSA) is 0 Å². The van der Waals surface area contributed by atoms with Gasteiger partial charge in [-0.05, 0) is 166 Å². The second kappa shape index (κ2) is 14.0. The van der Waals surface area contributed by atoms with E-state index in [9.17, 15) is 0 Å². The first kappa shape index (κ1) is 39.6. The Labute approximate surface area is 398 Å². The molecule has 0 heteroatoms. The van der Waals surface area contributed by atoms with Crippen molar-refractivity contribution in [1.82, 2.24) is 0 Å². The van der Waals surface area contributed by atoms with Crippen molar-refractivity contribution in [2.45, 2.75) is 54.4 Å². The zero-order chi connectivity index (χ0) is 45.8. The van der Waals surface area contributed by atoms with Crippen LogP contribution < -0.4 is 0 Å². The second-order valence-electron chi connectivity index (χ2n) is 21.9. The van der Waals surface area contributed by atoms with E-state index in [0.717, 1.165) is 12.8 Å². The summed E-state index contributed by atoms with van der Waals surface area (Å²) in [6.07, 6.45) is 6.95. The quantitative estimate of drug-likeness (QED) is 0.165. The molecule has 0 aromatic heterocycles. The van der Waals surface area contributed by atoms with Crippen LogP contribution in [0.15, 0.2) is 181 Å². The van der Waals surface area contributed by atoms with Crippen molar-refractivity contribution in [3.05, 3.63) is 203 Å². The van der Waals surface area contributed by atoms with E-state index in [4.69, 9.17) is 0 Å². The van der Waals surface area contributed by atoms with Gasteiger partial charge in [-0.15, -0.1) is 0 Å². The summed E-state index contributed by atoms with van der Waals surface area (Å²) in [7, 11) is 0. The number of benzene rings is 10. The second-order valence-corrected chi connectivity index (χ2v) is 21.9. The van der Waals surface area contributed by atoms with Crippen molar-refractivity contribution in [2.75, 3.05) is 0 Å². The average Bonchev–Trinajstić information content (AvgIpc) is 3.87. The normalized spacial score (nSPS) is 14.1. The molecule has 0 radical (unpaired) electrons. The molecule has 14 rings (SSSR count). The molecule has 2 aliphatic carbocycles. The Morgan fingerprint density at radius 3 is 0.824 bits per heavy atom. The van der Waals surface area contributed by atoms with Crippen molar-refractivity contribution >= 4 is 87.6 Å². The van der Waals surface area contributed by atoms with Crippen LogP contribution in [0.5, 0.6) is 0 Å². The van der Waals surface area contributed by atoms with Crippen molar-refractivity contribution in [3.8, 4) is 44.5 Å². The van der Waals surface area contributed by atoms with Crippen LogP contribution in [0.4, 0.5) is 0 Å². The lowest BCUT2D eigenvalue weighted by Crippen LogP contribution is -2.14. The minimum Gasteiger partial charge on any atom is -0.0622 e. The van der Waals surface area contributed by atoms with Gasteiger partial charge in [-0.3, -0.25) is 0 Å². The Balaban J connectivity index is 1.32. The fourth-order valence-electron chi connectivity index (χ4n) is 12.8. The van der Waals surface area contributed by atoms with Crippen molar-refractivity contribution in [2.24, 2.45) is 10.8 Å². The fraction of sp³-hybridized carbons (Fsp3) is 0.147. The molecular formula is C68H52. The molecule has 0 nitrogen and oxygen atoms in total. The molecule has 68 heavy (non-hydrogen) atoms. The Kier molecular flexibility index (Phi) is 8.16. The van der Waals surface area contributed by atoms with Gasteiger partial charge >= 0.3 is 0 Å². The van der Waals surface area contributed by atoms with E-state index in [1.54, 1.807) is 0 Å². The van der Waals surface area contributed by atoms with E-state index in [1.165, 1.54) is 153 Å². The van der Waals surface area contributed by atoms with Crippen LogP contribution in [0.1, 0.15) is 63.8 Å². The average molecular weight is 869 g/mol. The monoisotopic (exact) mass is 868 g/mol. The number of hydrogen-bond acceptors (Lipinski definition) is 0. The molecule has 0 unspecified atom stereocenters. The predicted octanol–water partition coefficient (Wildman–Crippen LogP) is 19.3. The number of fused-ring (bicyclic) bond motifs is 7. The molecule has 0 saturated heterocycles. The molecule has 0 fully saturated rings. The van der Waals surface area contributed by atoms with E-state index < -0.39 is 0 Å². The van der Waals surface area contributed by atoms with Gasteiger partial charge in [0, 0.05) is 0 Å². The van der Waals surface area contributed by atoms with Crippen molar-refractivity contribution in [3.63, 3.8) is 0 Å². The highest BCUT2D eigenvalue weighted by Crippen LogP contribution is 2.60. The summed E-state index contributed by atoms with van der Waals surface area (Å²) in [6.45, 7) is 14.2. The molecule has 0 aliphatic heterocycles. The highest BCUT2D eigenvalue weighted by Gasteiger charge is 2.34. The molecule has 0 amide bonds. The van der Waals surface area contributed by atoms with Crippen LogP contribution in [0.2, 0.25) is 0 Å². The van der Waals surface area contributed by atoms with Gasteiger partial charge in [-0.25, -0.2) is 0 Å². The lowest BCUT2D eigenvalue weighted by Gasteiger charge is -2.28. The maximum atomic E-state index is 2.50. The first-order chi connectivity index (χ1) is 33.0. The molecule has 0 atom stereocenters. The maximum absolute atomic E-state index is 2.50. The Bertz CT molecular complexity index is 3700. The van der Waals surface area contributed by atoms with Gasteiger partial charge < -0.3 is 0 Å². The summed E-state index contributed by atoms with van der Waals surface area (Å²) in [5, 5.41) is 19.0. The van der Waals surface area contributed by atoms with Crippen molar-refractivity contribution < 1.29 is 0 Å². The van der Waals surface area contributed by atoms with Crippen molar-refractivity contribution in [1.29, 1.82) is 0 Å². The molecular weight excluding hydrogens is 817 g/mol. The molecule has 0 saturated carbocycles. The highest BCUT2D eigenvalue weighted by molar-refractivity contribution is 6.48. The zero-order valence-electron chi connectivity index (χ0n) is 39.7. The Morgan fingerprint density at radius 2 is 0.544 bits per heavy atom. The SMILES string of the molecule is CC(C)(C)C1=Cc2ccc3c4c(-c5ccccc5)c5c(-c6ccccc6)c6c7ccc8c9c(ccc(c6c(-c6ccccc6)c5c(-c5ccccc5)c4c4ccc(c2c34)C1)c97)C=C(C(C)(C)C)C8. The standard InChI is InChI=1S/C68H52/c1-67(2,3)47-35-43-27-31-49-59-50(32-28-44(36-47)53(43)59)62-56(40-21-13-8-14-22-40)66-58(42-25-17-10-18-26-42)64-52-34-30-46-38-48(68(4,5)6)37-45-29-33-51(60(52)54(45)46)63(64)57(41-23-15-9-16-24-41)65(66)55(61(49)62)39-19-11-7-12-20-39/h7-35,38H,36-37H2,1-6H3. The van der Waals surface area contributed by atoms with Gasteiger partial charge in [0.25, 0.3) is 0 Å². The molecule has 0 bridgehead atoms. The molecule has 2 aliphatic rings. The third kappa shape index (κ3) is 5.43. The van der Waals surface area contributed by atoms with E-state index in [2.05, 4.69) is 224 Å². The smallest absolute Gasteiger partial charge is 0.0000928 e. The van der Waals surface area contributed by atoms with E-state index >= 15 is 0 Å². The van der Waals surface area contributed by atoms with Gasteiger partial charge in [-0.2, -0.15) is 0 Å². The first-order valence-electron chi connectivity index (χ1n) is 24.6. The summed E-state index contributed by atoms with van der Waals surface area (Å²) in [4.78, 5) is 0. The Morgan fingerprint density at radius 1 is 0.265 bits per heavy atom. The van der Waals surface area contributed by atoms with E-state index in [-0.39, 0.29) is 10.8 Å². The van der Waals surface area contributed by atoms with Gasteiger partial charge in [0.1, 0.15) is 0 Å². The number of hydrogen-bond donors (Lipinski definition) is 0. The largest absolute Gasteiger partial charge is 0.0622 e. The molecule has 0 spiro atoms. The number of rotatable bonds is 4.